The van der Waals surface area contributed by atoms with Crippen molar-refractivity contribution in [3.05, 3.63) is 64.9 Å². The van der Waals surface area contributed by atoms with Crippen molar-refractivity contribution in [1.29, 1.82) is 0 Å². The number of para-hydroxylation sites is 1. The molecule has 2 N–H and O–H groups in total. The van der Waals surface area contributed by atoms with E-state index in [1.807, 2.05) is 36.4 Å². The minimum atomic E-state index is -0.505. The second kappa shape index (κ2) is 11.8. The molecule has 0 saturated carbocycles. The number of aromatic nitrogens is 3. The zero-order valence-corrected chi connectivity index (χ0v) is 19.7. The Balaban J connectivity index is 1.74. The average Bonchev–Trinajstić information content (AvgIpc) is 3.19. The van der Waals surface area contributed by atoms with Gasteiger partial charge in [-0.1, -0.05) is 61.5 Å². The monoisotopic (exact) mass is 474 g/mol. The van der Waals surface area contributed by atoms with Crippen LogP contribution in [-0.2, 0) is 17.2 Å². The van der Waals surface area contributed by atoms with Crippen molar-refractivity contribution in [1.82, 2.24) is 14.8 Å². The molecule has 3 aromatic rings. The Morgan fingerprint density at radius 2 is 1.91 bits per heavy atom. The van der Waals surface area contributed by atoms with Crippen molar-refractivity contribution in [2.75, 3.05) is 6.61 Å². The summed E-state index contributed by atoms with van der Waals surface area (Å²) in [6, 6.07) is 15.2. The number of amides is 1. The zero-order chi connectivity index (χ0) is 22.9. The first-order valence-electron chi connectivity index (χ1n) is 10.5. The maximum atomic E-state index is 10.9. The van der Waals surface area contributed by atoms with Gasteiger partial charge >= 0.3 is 0 Å². The van der Waals surface area contributed by atoms with Crippen LogP contribution in [0.3, 0.4) is 0 Å². The lowest BCUT2D eigenvalue weighted by molar-refractivity contribution is -0.119. The quantitative estimate of drug-likeness (QED) is 0.370. The molecular weight excluding hydrogens is 448 g/mol. The van der Waals surface area contributed by atoms with Gasteiger partial charge in [0.2, 0.25) is 0 Å². The molecular formula is C23H27ClN4O3S. The van der Waals surface area contributed by atoms with Gasteiger partial charge in [-0.3, -0.25) is 4.79 Å². The molecule has 2 aromatic carbocycles. The molecule has 7 nitrogen and oxygen atoms in total. The molecule has 0 unspecified atom stereocenters. The van der Waals surface area contributed by atoms with Gasteiger partial charge in [-0.2, -0.15) is 0 Å². The number of thioether (sulfide) groups is 1. The molecule has 0 radical (unpaired) electrons. The predicted molar refractivity (Wildman–Crippen MR) is 126 cm³/mol. The number of hydrogen-bond donors (Lipinski definition) is 1. The highest BCUT2D eigenvalue weighted by Crippen LogP contribution is 2.30. The standard InChI is InChI=1S/C23H27ClN4O3S/c1-3-17(4-2)28-22(14-31-20-11-6-5-10-19(20)24)26-27-23(28)32-15-16-8-7-9-18(12-16)30-13-21(25)29/h5-12,17H,3-4,13-15H2,1-2H3,(H2,25,29). The molecule has 0 fully saturated rings. The minimum Gasteiger partial charge on any atom is -0.484 e. The molecule has 32 heavy (non-hydrogen) atoms. The van der Waals surface area contributed by atoms with Crippen LogP contribution in [0.5, 0.6) is 11.5 Å². The Kier molecular flexibility index (Phi) is 8.81. The summed E-state index contributed by atoms with van der Waals surface area (Å²) in [7, 11) is 0. The van der Waals surface area contributed by atoms with E-state index >= 15 is 0 Å². The number of nitrogens with two attached hydrogens (primary N) is 1. The largest absolute Gasteiger partial charge is 0.484 e. The number of primary amides is 1. The summed E-state index contributed by atoms with van der Waals surface area (Å²) in [4.78, 5) is 10.9. The van der Waals surface area contributed by atoms with E-state index in [0.717, 1.165) is 29.4 Å². The zero-order valence-electron chi connectivity index (χ0n) is 18.2. The molecule has 0 atom stereocenters. The molecule has 0 aliphatic rings. The summed E-state index contributed by atoms with van der Waals surface area (Å²) >= 11 is 7.81. The summed E-state index contributed by atoms with van der Waals surface area (Å²) in [6.45, 7) is 4.44. The van der Waals surface area contributed by atoms with Crippen molar-refractivity contribution < 1.29 is 14.3 Å². The Morgan fingerprint density at radius 3 is 2.62 bits per heavy atom. The second-order valence-electron chi connectivity index (χ2n) is 7.15. The first-order valence-corrected chi connectivity index (χ1v) is 11.8. The van der Waals surface area contributed by atoms with Crippen LogP contribution in [-0.4, -0.2) is 27.3 Å². The Bertz CT molecular complexity index is 1040. The van der Waals surface area contributed by atoms with Gasteiger partial charge in [0.25, 0.3) is 5.91 Å². The maximum Gasteiger partial charge on any atom is 0.255 e. The van der Waals surface area contributed by atoms with Gasteiger partial charge in [0.05, 0.1) is 5.02 Å². The number of rotatable bonds is 12. The van der Waals surface area contributed by atoms with Crippen molar-refractivity contribution in [3.8, 4) is 11.5 Å². The van der Waals surface area contributed by atoms with Gasteiger partial charge in [-0.15, -0.1) is 10.2 Å². The molecule has 3 rings (SSSR count). The highest BCUT2D eigenvalue weighted by molar-refractivity contribution is 7.98. The van der Waals surface area contributed by atoms with E-state index in [-0.39, 0.29) is 19.3 Å². The lowest BCUT2D eigenvalue weighted by Crippen LogP contribution is -2.20. The number of carbonyl (C=O) groups excluding carboxylic acids is 1. The minimum absolute atomic E-state index is 0.144. The molecule has 0 bridgehead atoms. The average molecular weight is 475 g/mol. The van der Waals surface area contributed by atoms with Gasteiger partial charge in [0.1, 0.15) is 18.1 Å². The van der Waals surface area contributed by atoms with Crippen molar-refractivity contribution in [3.63, 3.8) is 0 Å². The Hall–Kier alpha value is -2.71. The van der Waals surface area contributed by atoms with Crippen LogP contribution in [0.1, 0.15) is 44.1 Å². The highest BCUT2D eigenvalue weighted by atomic mass is 35.5. The summed E-state index contributed by atoms with van der Waals surface area (Å²) < 4.78 is 13.5. The first kappa shape index (κ1) is 23.9. The lowest BCUT2D eigenvalue weighted by Gasteiger charge is -2.19. The van der Waals surface area contributed by atoms with Crippen LogP contribution in [0.2, 0.25) is 5.02 Å². The molecule has 0 aliphatic carbocycles. The summed E-state index contributed by atoms with van der Waals surface area (Å²) in [5.41, 5.74) is 6.20. The third-order valence-corrected chi connectivity index (χ3v) is 6.21. The van der Waals surface area contributed by atoms with E-state index in [1.165, 1.54) is 0 Å². The number of carbonyl (C=O) groups is 1. The van der Waals surface area contributed by atoms with E-state index in [4.69, 9.17) is 26.8 Å². The van der Waals surface area contributed by atoms with Crippen LogP contribution < -0.4 is 15.2 Å². The van der Waals surface area contributed by atoms with Gasteiger partial charge in [0, 0.05) is 11.8 Å². The molecule has 9 heteroatoms. The molecule has 1 amide bonds. The number of benzene rings is 2. The number of nitrogens with zero attached hydrogens (tertiary/aromatic N) is 3. The fourth-order valence-electron chi connectivity index (χ4n) is 3.26. The fraction of sp³-hybridized carbons (Fsp3) is 0.348. The van der Waals surface area contributed by atoms with Crippen LogP contribution in [0.25, 0.3) is 0 Å². The topological polar surface area (TPSA) is 92.3 Å². The highest BCUT2D eigenvalue weighted by Gasteiger charge is 2.19. The fourth-order valence-corrected chi connectivity index (χ4v) is 4.41. The van der Waals surface area contributed by atoms with Crippen LogP contribution in [0.15, 0.2) is 53.7 Å². The third-order valence-electron chi connectivity index (χ3n) is 4.88. The van der Waals surface area contributed by atoms with E-state index in [1.54, 1.807) is 23.9 Å². The number of hydrogen-bond acceptors (Lipinski definition) is 6. The van der Waals surface area contributed by atoms with Crippen molar-refractivity contribution in [2.45, 2.75) is 50.2 Å². The van der Waals surface area contributed by atoms with E-state index < -0.39 is 5.91 Å². The lowest BCUT2D eigenvalue weighted by atomic mass is 10.2. The van der Waals surface area contributed by atoms with Gasteiger partial charge in [0.15, 0.2) is 17.6 Å². The summed E-state index contributed by atoms with van der Waals surface area (Å²) in [5, 5.41) is 10.2. The number of halogens is 1. The van der Waals surface area contributed by atoms with Gasteiger partial charge < -0.3 is 19.8 Å². The van der Waals surface area contributed by atoms with Gasteiger partial charge in [-0.25, -0.2) is 0 Å². The molecule has 170 valence electrons. The molecule has 0 aliphatic heterocycles. The van der Waals surface area contributed by atoms with Crippen LogP contribution >= 0.6 is 23.4 Å². The Morgan fingerprint density at radius 1 is 1.12 bits per heavy atom. The maximum absolute atomic E-state index is 10.9. The molecule has 1 heterocycles. The third kappa shape index (κ3) is 6.40. The predicted octanol–water partition coefficient (Wildman–Crippen LogP) is 5.03. The van der Waals surface area contributed by atoms with E-state index in [9.17, 15) is 4.79 Å². The van der Waals surface area contributed by atoms with Crippen molar-refractivity contribution in [2.24, 2.45) is 5.73 Å². The SMILES string of the molecule is CCC(CC)n1c(COc2ccccc2Cl)nnc1SCc1cccc(OCC(N)=O)c1. The molecule has 1 aromatic heterocycles. The smallest absolute Gasteiger partial charge is 0.255 e. The second-order valence-corrected chi connectivity index (χ2v) is 8.50. The van der Waals surface area contributed by atoms with Crippen molar-refractivity contribution >= 4 is 29.3 Å². The molecule has 0 saturated heterocycles. The van der Waals surface area contributed by atoms with E-state index in [2.05, 4.69) is 28.6 Å². The van der Waals surface area contributed by atoms with Crippen LogP contribution in [0, 0.1) is 0 Å². The van der Waals surface area contributed by atoms with E-state index in [0.29, 0.717) is 22.3 Å². The Labute approximate surface area is 197 Å². The number of ether oxygens (including phenoxy) is 2. The molecule has 0 spiro atoms. The van der Waals surface area contributed by atoms with Gasteiger partial charge in [-0.05, 0) is 42.7 Å². The summed E-state index contributed by atoms with van der Waals surface area (Å²) in [5.74, 6) is 2.17. The summed E-state index contributed by atoms with van der Waals surface area (Å²) in [6.07, 6.45) is 1.91. The normalized spacial score (nSPS) is 11.0. The van der Waals surface area contributed by atoms with Crippen LogP contribution in [0.4, 0.5) is 0 Å². The first-order chi connectivity index (χ1) is 15.5.